The zero-order chi connectivity index (χ0) is 61.6. The van der Waals surface area contributed by atoms with Crippen molar-refractivity contribution in [2.24, 2.45) is 0 Å². The Balaban J connectivity index is 0.000000179. The van der Waals surface area contributed by atoms with Crippen molar-refractivity contribution < 1.29 is 99.6 Å². The number of halogens is 14. The molecular weight excluding hydrogens is 1160 g/mol. The Morgan fingerprint density at radius 2 is 0.558 bits per heavy atom. The number of aryl methyl sites for hydroxylation is 4. The minimum Gasteiger partial charge on any atom is -0.423 e. The summed E-state index contributed by atoms with van der Waals surface area (Å²) in [5.74, 6) is -30.1. The Kier molecular flexibility index (Phi) is 14.9. The lowest BCUT2D eigenvalue weighted by Gasteiger charge is -2.29. The lowest BCUT2D eigenvalue weighted by molar-refractivity contribution is 0.0710. The highest BCUT2D eigenvalue weighted by atomic mass is 19.2. The number of ether oxygens (including phenoxy) is 4. The van der Waals surface area contributed by atoms with Crippen LogP contribution in [0.25, 0.3) is 0 Å². The van der Waals surface area contributed by atoms with E-state index in [0.29, 0.717) is 109 Å². The summed E-state index contributed by atoms with van der Waals surface area (Å²) in [7, 11) is 0. The molecule has 12 rings (SSSR count). The molecule has 0 saturated carbocycles. The van der Waals surface area contributed by atoms with E-state index >= 15 is 0 Å². The Morgan fingerprint density at radius 1 is 0.326 bits per heavy atom. The predicted octanol–water partition coefficient (Wildman–Crippen LogP) is 15.2. The molecule has 4 aliphatic rings. The van der Waals surface area contributed by atoms with Crippen LogP contribution in [0.2, 0.25) is 0 Å². The second kappa shape index (κ2) is 21.9. The quantitative estimate of drug-likeness (QED) is 0.0487. The second-order valence-corrected chi connectivity index (χ2v) is 20.9. The average Bonchev–Trinajstić information content (AvgIpc) is 1.59. The molecule has 0 unspecified atom stereocenters. The largest absolute Gasteiger partial charge is 0.423 e. The first-order valence-corrected chi connectivity index (χ1v) is 26.2. The summed E-state index contributed by atoms with van der Waals surface area (Å²) >= 11 is 0. The van der Waals surface area contributed by atoms with Crippen molar-refractivity contribution in [3.63, 3.8) is 0 Å². The van der Waals surface area contributed by atoms with Crippen LogP contribution in [0.3, 0.4) is 0 Å². The summed E-state index contributed by atoms with van der Waals surface area (Å²) in [5, 5.41) is 0. The fraction of sp³-hybridized carbons (Fsp3) is 0.188. The summed E-state index contributed by atoms with van der Waals surface area (Å²) in [6.45, 7) is 1.60. The van der Waals surface area contributed by atoms with Gasteiger partial charge in [-0.2, -0.15) is 0 Å². The average molecular weight is 1200 g/mol. The van der Waals surface area contributed by atoms with Gasteiger partial charge in [-0.1, -0.05) is 48.5 Å². The van der Waals surface area contributed by atoms with Gasteiger partial charge in [0.2, 0.25) is 0 Å². The van der Waals surface area contributed by atoms with Gasteiger partial charge < -0.3 is 18.9 Å². The first-order chi connectivity index (χ1) is 40.9. The van der Waals surface area contributed by atoms with E-state index in [1.165, 1.54) is 36.4 Å². The number of hydrogen-bond acceptors (Lipinski definition) is 8. The minimum absolute atomic E-state index is 0.117. The van der Waals surface area contributed by atoms with Crippen LogP contribution >= 0.6 is 0 Å². The molecule has 2 spiro atoms. The normalized spacial score (nSPS) is 14.5. The standard InChI is InChI=1S/C33H20F8O4.C31H18F6O4/c1-13-23(34)27(38)19(28(39)24(13)35)31(42)44-17-7-3-5-15-9-11-33(21(15)17)12-10-16-6-4-8-18(22(16)33)45-32(43)20-29(40)25(36)14(2)26(37)30(20)41;32-19-11-17(12-20(33)27(19)36)29(38)40-23-5-1-3-15-7-9-31(25(15)23)10-8-16-4-2-6-24(26(16)31)41-30(39)18-13-21(34)28(37)22(35)14-18/h3-8H,9-12H2,1-2H3;1-6,11-14H,7-10H2. The zero-order valence-electron chi connectivity index (χ0n) is 44.5. The van der Waals surface area contributed by atoms with Crippen molar-refractivity contribution in [1.29, 1.82) is 0 Å². The molecule has 86 heavy (non-hydrogen) atoms. The highest BCUT2D eigenvalue weighted by Gasteiger charge is 2.51. The fourth-order valence-corrected chi connectivity index (χ4v) is 12.4. The van der Waals surface area contributed by atoms with Gasteiger partial charge in [0.1, 0.15) is 34.1 Å². The summed E-state index contributed by atoms with van der Waals surface area (Å²) < 4.78 is 219. The fourth-order valence-electron chi connectivity index (χ4n) is 12.4. The molecule has 8 aromatic rings. The van der Waals surface area contributed by atoms with Crippen molar-refractivity contribution >= 4 is 23.9 Å². The van der Waals surface area contributed by atoms with E-state index in [2.05, 4.69) is 0 Å². The molecule has 0 fully saturated rings. The van der Waals surface area contributed by atoms with E-state index in [1.54, 1.807) is 24.3 Å². The molecule has 0 aliphatic heterocycles. The second-order valence-electron chi connectivity index (χ2n) is 20.9. The van der Waals surface area contributed by atoms with Gasteiger partial charge in [-0.15, -0.1) is 0 Å². The zero-order valence-corrected chi connectivity index (χ0v) is 44.5. The third-order valence-corrected chi connectivity index (χ3v) is 16.3. The van der Waals surface area contributed by atoms with Crippen LogP contribution in [0, 0.1) is 95.3 Å². The van der Waals surface area contributed by atoms with Gasteiger partial charge >= 0.3 is 23.9 Å². The van der Waals surface area contributed by atoms with E-state index < -0.39 is 150 Å². The van der Waals surface area contributed by atoms with Crippen LogP contribution in [0.4, 0.5) is 61.5 Å². The molecule has 0 bridgehead atoms. The van der Waals surface area contributed by atoms with Gasteiger partial charge in [-0.25, -0.2) is 80.6 Å². The van der Waals surface area contributed by atoms with Crippen molar-refractivity contribution in [2.45, 2.75) is 76.0 Å². The Morgan fingerprint density at radius 3 is 0.802 bits per heavy atom. The van der Waals surface area contributed by atoms with Crippen molar-refractivity contribution in [1.82, 2.24) is 0 Å². The van der Waals surface area contributed by atoms with Crippen LogP contribution < -0.4 is 18.9 Å². The number of hydrogen-bond donors (Lipinski definition) is 0. The maximum Gasteiger partial charge on any atom is 0.349 e. The molecule has 0 aromatic heterocycles. The smallest absolute Gasteiger partial charge is 0.349 e. The van der Waals surface area contributed by atoms with Gasteiger partial charge in [-0.3, -0.25) is 0 Å². The number of benzene rings is 8. The summed E-state index contributed by atoms with van der Waals surface area (Å²) in [4.78, 5) is 51.8. The van der Waals surface area contributed by atoms with Gasteiger partial charge in [0.05, 0.1) is 11.1 Å². The molecule has 0 saturated heterocycles. The van der Waals surface area contributed by atoms with Crippen LogP contribution in [0.5, 0.6) is 23.0 Å². The number of rotatable bonds is 8. The van der Waals surface area contributed by atoms with Crippen molar-refractivity contribution in [2.75, 3.05) is 0 Å². The SMILES string of the molecule is Cc1c(F)c(F)c(C(=O)Oc2cccc3c2C2(CC3)CCc3cccc(OC(=O)c4c(F)c(F)c(C)c(F)c4F)c32)c(F)c1F.O=C(Oc1cccc2c1C1(CC2)CCc2cccc(OC(=O)c3cc(F)c(F)c(F)c3)c21)c1cc(F)c(F)c(F)c1. The van der Waals surface area contributed by atoms with E-state index in [-0.39, 0.29) is 23.0 Å². The van der Waals surface area contributed by atoms with E-state index in [4.69, 9.17) is 18.9 Å². The van der Waals surface area contributed by atoms with Crippen LogP contribution in [0.1, 0.15) is 123 Å². The lowest BCUT2D eigenvalue weighted by atomic mass is 9.76. The molecule has 8 nitrogen and oxygen atoms in total. The van der Waals surface area contributed by atoms with E-state index in [9.17, 15) is 80.6 Å². The number of esters is 4. The highest BCUT2D eigenvalue weighted by Crippen LogP contribution is 2.59. The Labute approximate surface area is 477 Å². The maximum atomic E-state index is 14.6. The monoisotopic (exact) mass is 1200 g/mol. The molecular formula is C64H38F14O8. The third kappa shape index (κ3) is 9.49. The molecule has 8 aromatic carbocycles. The van der Waals surface area contributed by atoms with Gasteiger partial charge in [0, 0.05) is 44.2 Å². The van der Waals surface area contributed by atoms with E-state index in [1.807, 2.05) is 12.1 Å². The lowest BCUT2D eigenvalue weighted by Crippen LogP contribution is -2.25. The van der Waals surface area contributed by atoms with Crippen LogP contribution in [-0.4, -0.2) is 23.9 Å². The van der Waals surface area contributed by atoms with Gasteiger partial charge in [0.25, 0.3) is 0 Å². The minimum atomic E-state index is -1.93. The molecule has 0 atom stereocenters. The maximum absolute atomic E-state index is 14.6. The van der Waals surface area contributed by atoms with Crippen molar-refractivity contribution in [3.8, 4) is 23.0 Å². The Bertz CT molecular complexity index is 3900. The summed E-state index contributed by atoms with van der Waals surface area (Å²) in [6.07, 6.45) is 3.66. The highest BCUT2D eigenvalue weighted by molar-refractivity contribution is 5.94. The predicted molar refractivity (Wildman–Crippen MR) is 275 cm³/mol. The first-order valence-electron chi connectivity index (χ1n) is 26.2. The van der Waals surface area contributed by atoms with Crippen LogP contribution in [0.15, 0.2) is 97.1 Å². The molecule has 0 N–H and O–H groups in total. The molecule has 0 radical (unpaired) electrons. The van der Waals surface area contributed by atoms with Gasteiger partial charge in [0.15, 0.2) is 81.4 Å². The number of carbonyl (C=O) groups excluding carboxylic acids is 4. The molecule has 22 heteroatoms. The van der Waals surface area contributed by atoms with Gasteiger partial charge in [-0.05, 0) is 136 Å². The number of carbonyl (C=O) groups is 4. The van der Waals surface area contributed by atoms with E-state index in [0.717, 1.165) is 25.0 Å². The molecule has 0 heterocycles. The summed E-state index contributed by atoms with van der Waals surface area (Å²) in [6, 6.07) is 21.3. The first kappa shape index (κ1) is 58.4. The van der Waals surface area contributed by atoms with Crippen molar-refractivity contribution in [3.05, 3.63) is 256 Å². The molecule has 4 aliphatic carbocycles. The third-order valence-electron chi connectivity index (χ3n) is 16.3. The van der Waals surface area contributed by atoms with Crippen LogP contribution in [-0.2, 0) is 36.5 Å². The molecule has 440 valence electrons. The Hall–Kier alpha value is -9.34. The number of fused-ring (bicyclic) bond motifs is 8. The summed E-state index contributed by atoms with van der Waals surface area (Å²) in [5.41, 5.74) is -3.04. The molecule has 0 amide bonds. The topological polar surface area (TPSA) is 105 Å².